The van der Waals surface area contributed by atoms with Crippen LogP contribution in [0.3, 0.4) is 0 Å². The lowest BCUT2D eigenvalue weighted by Crippen LogP contribution is -2.47. The van der Waals surface area contributed by atoms with Gasteiger partial charge in [-0.05, 0) is 41.9 Å². The second-order valence-corrected chi connectivity index (χ2v) is 11.2. The Bertz CT molecular complexity index is 1250. The molecule has 6 heteroatoms. The van der Waals surface area contributed by atoms with Gasteiger partial charge in [-0.15, -0.1) is 11.3 Å². The fraction of sp³-hybridized carbons (Fsp3) is 0.400. The molecule has 36 heavy (non-hydrogen) atoms. The first-order valence-corrected chi connectivity index (χ1v) is 14.0. The Balaban J connectivity index is 1.09. The molecular weight excluding hydrogens is 464 g/mol. The van der Waals surface area contributed by atoms with Gasteiger partial charge in [0, 0.05) is 37.6 Å². The zero-order chi connectivity index (χ0) is 24.3. The Hall–Kier alpha value is -2.80. The molecule has 0 spiro atoms. The molecule has 1 aliphatic heterocycles. The highest BCUT2D eigenvalue weighted by Gasteiger charge is 2.27. The standard InChI is InChI=1S/C30H34N4OS/c1-22-12-13-26-25(20-22)27-29(31-21-32-30(27)36-26)34-16-14-33(15-17-34)18-19-35-28(23-8-4-2-5-9-23)24-10-6-3-7-11-24/h2-11,21-22,28H,12-20H2,1H3. The summed E-state index contributed by atoms with van der Waals surface area (Å²) < 4.78 is 6.47. The molecule has 0 N–H and O–H groups in total. The summed E-state index contributed by atoms with van der Waals surface area (Å²) in [6.45, 7) is 8.06. The highest BCUT2D eigenvalue weighted by molar-refractivity contribution is 7.19. The van der Waals surface area contributed by atoms with Crippen molar-refractivity contribution in [1.82, 2.24) is 14.9 Å². The molecule has 6 rings (SSSR count). The van der Waals surface area contributed by atoms with E-state index in [2.05, 4.69) is 82.4 Å². The van der Waals surface area contributed by atoms with Gasteiger partial charge in [-0.25, -0.2) is 9.97 Å². The fourth-order valence-electron chi connectivity index (χ4n) is 5.63. The molecule has 2 aromatic heterocycles. The molecule has 0 amide bonds. The van der Waals surface area contributed by atoms with Crippen molar-refractivity contribution in [2.75, 3.05) is 44.2 Å². The third-order valence-corrected chi connectivity index (χ3v) is 8.84. The lowest BCUT2D eigenvalue weighted by atomic mass is 9.88. The Morgan fingerprint density at radius 2 is 1.64 bits per heavy atom. The van der Waals surface area contributed by atoms with Gasteiger partial charge < -0.3 is 9.64 Å². The third kappa shape index (κ3) is 4.90. The fourth-order valence-corrected chi connectivity index (χ4v) is 6.81. The minimum atomic E-state index is -0.0323. The molecule has 186 valence electrons. The van der Waals surface area contributed by atoms with Crippen LogP contribution < -0.4 is 4.90 Å². The molecule has 1 saturated heterocycles. The first kappa shape index (κ1) is 23.6. The van der Waals surface area contributed by atoms with E-state index in [1.54, 1.807) is 6.33 Å². The summed E-state index contributed by atoms with van der Waals surface area (Å²) in [5, 5.41) is 1.33. The second-order valence-electron chi connectivity index (χ2n) is 10.1. The number of piperazine rings is 1. The number of nitrogens with zero attached hydrogens (tertiary/aromatic N) is 4. The number of hydrogen-bond donors (Lipinski definition) is 0. The monoisotopic (exact) mass is 498 g/mol. The van der Waals surface area contributed by atoms with Crippen molar-refractivity contribution >= 4 is 27.4 Å². The molecule has 3 heterocycles. The zero-order valence-corrected chi connectivity index (χ0v) is 21.8. The molecule has 1 fully saturated rings. The predicted octanol–water partition coefficient (Wildman–Crippen LogP) is 5.74. The second kappa shape index (κ2) is 10.7. The molecule has 0 saturated carbocycles. The number of ether oxygens (including phenoxy) is 1. The van der Waals surface area contributed by atoms with Crippen molar-refractivity contribution < 1.29 is 4.74 Å². The Morgan fingerprint density at radius 3 is 2.33 bits per heavy atom. The van der Waals surface area contributed by atoms with Crippen LogP contribution in [0.2, 0.25) is 0 Å². The molecule has 4 aromatic rings. The normalized spacial score (nSPS) is 18.6. The van der Waals surface area contributed by atoms with E-state index in [1.807, 2.05) is 11.3 Å². The van der Waals surface area contributed by atoms with E-state index in [0.29, 0.717) is 6.61 Å². The summed E-state index contributed by atoms with van der Waals surface area (Å²) >= 11 is 1.89. The molecule has 5 nitrogen and oxygen atoms in total. The van der Waals surface area contributed by atoms with E-state index in [-0.39, 0.29) is 6.10 Å². The Labute approximate surface area is 217 Å². The van der Waals surface area contributed by atoms with E-state index in [4.69, 9.17) is 9.72 Å². The van der Waals surface area contributed by atoms with Gasteiger partial charge in [-0.1, -0.05) is 67.6 Å². The summed E-state index contributed by atoms with van der Waals surface area (Å²) in [6, 6.07) is 21.1. The summed E-state index contributed by atoms with van der Waals surface area (Å²) in [4.78, 5) is 17.1. The predicted molar refractivity (Wildman–Crippen MR) is 148 cm³/mol. The number of hydrogen-bond acceptors (Lipinski definition) is 6. The minimum absolute atomic E-state index is 0.0323. The lowest BCUT2D eigenvalue weighted by molar-refractivity contribution is 0.0586. The number of aryl methyl sites for hydroxylation is 1. The summed E-state index contributed by atoms with van der Waals surface area (Å²) in [7, 11) is 0. The first-order chi connectivity index (χ1) is 17.8. The van der Waals surface area contributed by atoms with Crippen molar-refractivity contribution in [2.24, 2.45) is 5.92 Å². The average molecular weight is 499 g/mol. The number of fused-ring (bicyclic) bond motifs is 3. The van der Waals surface area contributed by atoms with Crippen LogP contribution in [0.25, 0.3) is 10.2 Å². The molecule has 2 aliphatic rings. The van der Waals surface area contributed by atoms with Crippen LogP contribution in [-0.4, -0.2) is 54.2 Å². The maximum absolute atomic E-state index is 6.47. The lowest BCUT2D eigenvalue weighted by Gasteiger charge is -2.36. The van der Waals surface area contributed by atoms with Gasteiger partial charge in [-0.3, -0.25) is 4.90 Å². The van der Waals surface area contributed by atoms with Gasteiger partial charge in [0.2, 0.25) is 0 Å². The number of aromatic nitrogens is 2. The Kier molecular flexibility index (Phi) is 6.99. The van der Waals surface area contributed by atoms with Crippen LogP contribution in [-0.2, 0) is 17.6 Å². The molecule has 1 atom stereocenters. The molecular formula is C30H34N4OS. The maximum atomic E-state index is 6.47. The van der Waals surface area contributed by atoms with E-state index in [0.717, 1.165) is 50.9 Å². The van der Waals surface area contributed by atoms with E-state index >= 15 is 0 Å². The van der Waals surface area contributed by atoms with Gasteiger partial charge in [0.25, 0.3) is 0 Å². The topological polar surface area (TPSA) is 41.5 Å². The minimum Gasteiger partial charge on any atom is -0.367 e. The molecule has 0 bridgehead atoms. The number of anilines is 1. The van der Waals surface area contributed by atoms with Crippen LogP contribution in [0, 0.1) is 5.92 Å². The van der Waals surface area contributed by atoms with Crippen molar-refractivity contribution in [2.45, 2.75) is 32.3 Å². The van der Waals surface area contributed by atoms with Crippen molar-refractivity contribution in [3.05, 3.63) is 88.6 Å². The van der Waals surface area contributed by atoms with Crippen molar-refractivity contribution in [3.63, 3.8) is 0 Å². The summed E-state index contributed by atoms with van der Waals surface area (Å²) in [6.07, 6.45) is 5.37. The highest BCUT2D eigenvalue weighted by Crippen LogP contribution is 2.40. The zero-order valence-electron chi connectivity index (χ0n) is 21.0. The van der Waals surface area contributed by atoms with Crippen molar-refractivity contribution in [1.29, 1.82) is 0 Å². The molecule has 1 aliphatic carbocycles. The van der Waals surface area contributed by atoms with Crippen molar-refractivity contribution in [3.8, 4) is 0 Å². The van der Waals surface area contributed by atoms with Crippen LogP contribution in [0.1, 0.15) is 41.0 Å². The van der Waals surface area contributed by atoms with E-state index < -0.39 is 0 Å². The number of rotatable bonds is 7. The Morgan fingerprint density at radius 1 is 0.944 bits per heavy atom. The highest BCUT2D eigenvalue weighted by atomic mass is 32.1. The summed E-state index contributed by atoms with van der Waals surface area (Å²) in [5.41, 5.74) is 3.93. The van der Waals surface area contributed by atoms with E-state index in [1.165, 1.54) is 44.6 Å². The van der Waals surface area contributed by atoms with Crippen LogP contribution in [0.15, 0.2) is 67.0 Å². The first-order valence-electron chi connectivity index (χ1n) is 13.2. The molecule has 0 radical (unpaired) electrons. The molecule has 1 unspecified atom stereocenters. The van der Waals surface area contributed by atoms with Crippen LogP contribution in [0.5, 0.6) is 0 Å². The number of thiophene rings is 1. The largest absolute Gasteiger partial charge is 0.367 e. The van der Waals surface area contributed by atoms with Gasteiger partial charge in [0.05, 0.1) is 12.0 Å². The molecule has 2 aromatic carbocycles. The van der Waals surface area contributed by atoms with Crippen LogP contribution >= 0.6 is 11.3 Å². The van der Waals surface area contributed by atoms with E-state index in [9.17, 15) is 0 Å². The van der Waals surface area contributed by atoms with Gasteiger partial charge in [0.15, 0.2) is 0 Å². The van der Waals surface area contributed by atoms with Gasteiger partial charge in [-0.2, -0.15) is 0 Å². The smallest absolute Gasteiger partial charge is 0.141 e. The quantitative estimate of drug-likeness (QED) is 0.325. The van der Waals surface area contributed by atoms with Crippen LogP contribution in [0.4, 0.5) is 5.82 Å². The average Bonchev–Trinajstić information content (AvgIpc) is 3.30. The number of benzene rings is 2. The maximum Gasteiger partial charge on any atom is 0.141 e. The van der Waals surface area contributed by atoms with Gasteiger partial charge in [0.1, 0.15) is 23.1 Å². The SMILES string of the molecule is CC1CCc2sc3ncnc(N4CCN(CCOC(c5ccccc5)c5ccccc5)CC4)c3c2C1. The van der Waals surface area contributed by atoms with Gasteiger partial charge >= 0.3 is 0 Å². The third-order valence-electron chi connectivity index (χ3n) is 7.64. The summed E-state index contributed by atoms with van der Waals surface area (Å²) in [5.74, 6) is 1.89.